The zero-order valence-corrected chi connectivity index (χ0v) is 14.6. The van der Waals surface area contributed by atoms with Gasteiger partial charge in [-0.3, -0.25) is 4.72 Å². The molecule has 0 saturated carbocycles. The smallest absolute Gasteiger partial charge is 0.340 e. The minimum atomic E-state index is -4.39. The van der Waals surface area contributed by atoms with E-state index in [4.69, 9.17) is 0 Å². The third-order valence-corrected chi connectivity index (χ3v) is 6.04. The standard InChI is InChI=1S/C16H12F3N3O2S2/c17-16(18,19)11-3-5-12(6-4-11)21-14-8-7-13(10-20-14)22-26(23,24)15-2-1-9-25-15/h1-10,22H,(H,20,21). The van der Waals surface area contributed by atoms with Gasteiger partial charge in [0, 0.05) is 5.69 Å². The van der Waals surface area contributed by atoms with Gasteiger partial charge >= 0.3 is 6.18 Å². The molecular formula is C16H12F3N3O2S2. The van der Waals surface area contributed by atoms with E-state index in [0.29, 0.717) is 11.5 Å². The van der Waals surface area contributed by atoms with E-state index < -0.39 is 21.8 Å². The Hall–Kier alpha value is -2.59. The van der Waals surface area contributed by atoms with E-state index in [-0.39, 0.29) is 9.90 Å². The van der Waals surface area contributed by atoms with Crippen molar-refractivity contribution in [2.24, 2.45) is 0 Å². The second-order valence-electron chi connectivity index (χ2n) is 5.17. The Labute approximate surface area is 151 Å². The summed E-state index contributed by atoms with van der Waals surface area (Å²) in [4.78, 5) is 4.05. The maximum absolute atomic E-state index is 12.5. The molecule has 10 heteroatoms. The van der Waals surface area contributed by atoms with Gasteiger partial charge in [-0.25, -0.2) is 13.4 Å². The number of halogens is 3. The Balaban J connectivity index is 1.68. The van der Waals surface area contributed by atoms with Gasteiger partial charge in [-0.05, 0) is 47.8 Å². The number of sulfonamides is 1. The van der Waals surface area contributed by atoms with E-state index in [1.807, 2.05) is 0 Å². The van der Waals surface area contributed by atoms with Crippen LogP contribution in [0, 0.1) is 0 Å². The number of anilines is 3. The molecule has 0 atom stereocenters. The Morgan fingerprint density at radius 2 is 1.65 bits per heavy atom. The normalized spacial score (nSPS) is 12.0. The number of aromatic nitrogens is 1. The van der Waals surface area contributed by atoms with Crippen molar-refractivity contribution in [3.05, 3.63) is 65.7 Å². The highest BCUT2D eigenvalue weighted by atomic mass is 32.2. The first-order chi connectivity index (χ1) is 12.2. The predicted octanol–water partition coefficient (Wildman–Crippen LogP) is 4.71. The Kier molecular flexibility index (Phi) is 4.88. The fraction of sp³-hybridized carbons (Fsp3) is 0.0625. The fourth-order valence-electron chi connectivity index (χ4n) is 2.04. The second kappa shape index (κ2) is 6.96. The molecule has 3 aromatic rings. The van der Waals surface area contributed by atoms with Gasteiger partial charge < -0.3 is 5.32 Å². The average molecular weight is 399 g/mol. The fourth-order valence-corrected chi connectivity index (χ4v) is 4.08. The molecule has 0 radical (unpaired) electrons. The van der Waals surface area contributed by atoms with Gasteiger partial charge in [-0.2, -0.15) is 13.2 Å². The molecule has 0 saturated heterocycles. The quantitative estimate of drug-likeness (QED) is 0.652. The first-order valence-electron chi connectivity index (χ1n) is 7.21. The van der Waals surface area contributed by atoms with Crippen LogP contribution in [-0.2, 0) is 16.2 Å². The monoisotopic (exact) mass is 399 g/mol. The van der Waals surface area contributed by atoms with Crippen LogP contribution in [0.1, 0.15) is 5.56 Å². The SMILES string of the molecule is O=S(=O)(Nc1ccc(Nc2ccc(C(F)(F)F)cc2)nc1)c1cccs1. The number of hydrogen-bond acceptors (Lipinski definition) is 5. The lowest BCUT2D eigenvalue weighted by atomic mass is 10.2. The highest BCUT2D eigenvalue weighted by molar-refractivity contribution is 7.94. The van der Waals surface area contributed by atoms with Crippen LogP contribution in [0.4, 0.5) is 30.4 Å². The number of alkyl halides is 3. The minimum Gasteiger partial charge on any atom is -0.340 e. The summed E-state index contributed by atoms with van der Waals surface area (Å²) in [5.41, 5.74) is -0.0388. The minimum absolute atomic E-state index is 0.185. The van der Waals surface area contributed by atoms with Gasteiger partial charge in [-0.15, -0.1) is 11.3 Å². The Morgan fingerprint density at radius 3 is 2.19 bits per heavy atom. The molecule has 0 amide bonds. The molecule has 0 fully saturated rings. The molecule has 136 valence electrons. The molecule has 0 aliphatic rings. The molecule has 26 heavy (non-hydrogen) atoms. The van der Waals surface area contributed by atoms with Crippen molar-refractivity contribution in [1.82, 2.24) is 4.98 Å². The van der Waals surface area contributed by atoms with Crippen molar-refractivity contribution >= 4 is 38.6 Å². The van der Waals surface area contributed by atoms with Gasteiger partial charge in [-0.1, -0.05) is 6.07 Å². The van der Waals surface area contributed by atoms with Crippen molar-refractivity contribution in [3.63, 3.8) is 0 Å². The molecule has 0 aliphatic carbocycles. The van der Waals surface area contributed by atoms with Crippen LogP contribution in [0.2, 0.25) is 0 Å². The highest BCUT2D eigenvalue weighted by Gasteiger charge is 2.29. The number of nitrogens with zero attached hydrogens (tertiary/aromatic N) is 1. The van der Waals surface area contributed by atoms with E-state index >= 15 is 0 Å². The molecule has 0 spiro atoms. The van der Waals surface area contributed by atoms with E-state index in [1.54, 1.807) is 11.4 Å². The van der Waals surface area contributed by atoms with Crippen molar-refractivity contribution < 1.29 is 21.6 Å². The lowest BCUT2D eigenvalue weighted by Gasteiger charge is -2.10. The van der Waals surface area contributed by atoms with Crippen LogP contribution in [0.5, 0.6) is 0 Å². The molecule has 0 unspecified atom stereocenters. The second-order valence-corrected chi connectivity index (χ2v) is 8.03. The molecule has 3 rings (SSSR count). The summed E-state index contributed by atoms with van der Waals surface area (Å²) in [7, 11) is -3.66. The summed E-state index contributed by atoms with van der Waals surface area (Å²) in [6.45, 7) is 0. The van der Waals surface area contributed by atoms with E-state index in [1.165, 1.54) is 36.5 Å². The molecule has 0 aliphatic heterocycles. The van der Waals surface area contributed by atoms with Crippen LogP contribution < -0.4 is 10.0 Å². The van der Waals surface area contributed by atoms with Crippen LogP contribution in [0.15, 0.2) is 64.3 Å². The summed E-state index contributed by atoms with van der Waals surface area (Å²) in [5.74, 6) is 0.365. The van der Waals surface area contributed by atoms with Crippen LogP contribution >= 0.6 is 11.3 Å². The van der Waals surface area contributed by atoms with Crippen LogP contribution in [0.3, 0.4) is 0 Å². The number of rotatable bonds is 5. The topological polar surface area (TPSA) is 71.1 Å². The maximum Gasteiger partial charge on any atom is 0.416 e. The van der Waals surface area contributed by atoms with E-state index in [9.17, 15) is 21.6 Å². The van der Waals surface area contributed by atoms with Crippen molar-refractivity contribution in [2.45, 2.75) is 10.4 Å². The summed E-state index contributed by atoms with van der Waals surface area (Å²) in [6.07, 6.45) is -3.07. The van der Waals surface area contributed by atoms with Gasteiger partial charge in [0.15, 0.2) is 0 Å². The number of nitrogens with one attached hydrogen (secondary N) is 2. The maximum atomic E-state index is 12.5. The van der Waals surface area contributed by atoms with Crippen LogP contribution in [0.25, 0.3) is 0 Å². The Bertz CT molecular complexity index is 969. The zero-order valence-electron chi connectivity index (χ0n) is 13.0. The molecule has 5 nitrogen and oxygen atoms in total. The lowest BCUT2D eigenvalue weighted by Crippen LogP contribution is -2.11. The molecular weight excluding hydrogens is 387 g/mol. The lowest BCUT2D eigenvalue weighted by molar-refractivity contribution is -0.137. The summed E-state index contributed by atoms with van der Waals surface area (Å²) in [6, 6.07) is 10.7. The third-order valence-electron chi connectivity index (χ3n) is 3.26. The van der Waals surface area contributed by atoms with Crippen molar-refractivity contribution in [2.75, 3.05) is 10.0 Å². The number of thiophene rings is 1. The van der Waals surface area contributed by atoms with Crippen molar-refractivity contribution in [3.8, 4) is 0 Å². The van der Waals surface area contributed by atoms with Gasteiger partial charge in [0.05, 0.1) is 17.4 Å². The van der Waals surface area contributed by atoms with Gasteiger partial charge in [0.2, 0.25) is 0 Å². The van der Waals surface area contributed by atoms with Crippen molar-refractivity contribution in [1.29, 1.82) is 0 Å². The number of pyridine rings is 1. The molecule has 0 bridgehead atoms. The van der Waals surface area contributed by atoms with E-state index in [2.05, 4.69) is 15.0 Å². The van der Waals surface area contributed by atoms with E-state index in [0.717, 1.165) is 23.5 Å². The van der Waals surface area contributed by atoms with Gasteiger partial charge in [0.1, 0.15) is 10.0 Å². The number of benzene rings is 1. The summed E-state index contributed by atoms with van der Waals surface area (Å²) in [5, 5.41) is 4.50. The molecule has 2 aromatic heterocycles. The first kappa shape index (κ1) is 18.2. The molecule has 2 N–H and O–H groups in total. The third kappa shape index (κ3) is 4.33. The first-order valence-corrected chi connectivity index (χ1v) is 9.57. The van der Waals surface area contributed by atoms with Gasteiger partial charge in [0.25, 0.3) is 10.0 Å². The highest BCUT2D eigenvalue weighted by Crippen LogP contribution is 2.30. The van der Waals surface area contributed by atoms with Crippen LogP contribution in [-0.4, -0.2) is 13.4 Å². The summed E-state index contributed by atoms with van der Waals surface area (Å²) < 4.78 is 64.4. The molecule has 1 aromatic carbocycles. The zero-order chi connectivity index (χ0) is 18.8. The summed E-state index contributed by atoms with van der Waals surface area (Å²) >= 11 is 1.09. The largest absolute Gasteiger partial charge is 0.416 e. The predicted molar refractivity (Wildman–Crippen MR) is 94.1 cm³/mol. The number of hydrogen-bond donors (Lipinski definition) is 2. The molecule has 2 heterocycles. The average Bonchev–Trinajstić information content (AvgIpc) is 3.12. The Morgan fingerprint density at radius 1 is 0.962 bits per heavy atom.